The van der Waals surface area contributed by atoms with Crippen LogP contribution in [0.2, 0.25) is 0 Å². The number of nitriles is 1. The van der Waals surface area contributed by atoms with Gasteiger partial charge in [0.2, 0.25) is 10.0 Å². The molecule has 4 aromatic rings. The maximum Gasteiger partial charge on any atom is 0.417 e. The Morgan fingerprint density at radius 3 is 2.22 bits per heavy atom. The van der Waals surface area contributed by atoms with E-state index in [9.17, 15) is 40.0 Å². The third-order valence-electron chi connectivity index (χ3n) is 5.37. The van der Waals surface area contributed by atoms with E-state index < -0.39 is 38.9 Å². The van der Waals surface area contributed by atoms with Crippen molar-refractivity contribution in [2.45, 2.75) is 30.2 Å². The Kier molecular flexibility index (Phi) is 6.47. The van der Waals surface area contributed by atoms with Gasteiger partial charge in [-0.2, -0.15) is 36.3 Å². The summed E-state index contributed by atoms with van der Waals surface area (Å²) in [5, 5.41) is 9.76. The molecule has 1 unspecified atom stereocenters. The molecule has 37 heavy (non-hydrogen) atoms. The second kappa shape index (κ2) is 9.16. The Morgan fingerprint density at radius 2 is 1.68 bits per heavy atom. The number of halogens is 6. The first-order valence-electron chi connectivity index (χ1n) is 10.4. The molecule has 0 amide bonds. The summed E-state index contributed by atoms with van der Waals surface area (Å²) in [6, 6.07) is 10.6. The van der Waals surface area contributed by atoms with Crippen molar-refractivity contribution in [2.24, 2.45) is 0 Å². The van der Waals surface area contributed by atoms with Crippen LogP contribution in [-0.2, 0) is 16.2 Å². The predicted octanol–water partition coefficient (Wildman–Crippen LogP) is 5.21. The van der Waals surface area contributed by atoms with Crippen molar-refractivity contribution in [1.29, 1.82) is 5.26 Å². The molecule has 0 fully saturated rings. The molecule has 0 saturated carbocycles. The maximum atomic E-state index is 13.3. The van der Waals surface area contributed by atoms with E-state index in [0.717, 1.165) is 24.4 Å². The van der Waals surface area contributed by atoms with Crippen molar-refractivity contribution in [3.8, 4) is 23.1 Å². The summed E-state index contributed by atoms with van der Waals surface area (Å²) in [5.74, 6) is 0. The second-order valence-electron chi connectivity index (χ2n) is 7.86. The quantitative estimate of drug-likeness (QED) is 0.351. The molecule has 0 aliphatic heterocycles. The van der Waals surface area contributed by atoms with Crippen molar-refractivity contribution < 1.29 is 34.8 Å². The summed E-state index contributed by atoms with van der Waals surface area (Å²) in [6.45, 7) is 0.638. The van der Waals surface area contributed by atoms with Crippen molar-refractivity contribution in [3.63, 3.8) is 0 Å². The van der Waals surface area contributed by atoms with E-state index in [2.05, 4.69) is 9.97 Å². The fraction of sp³-hybridized carbons (Fsp3) is 0.174. The van der Waals surface area contributed by atoms with Gasteiger partial charge in [-0.25, -0.2) is 13.4 Å². The van der Waals surface area contributed by atoms with Crippen LogP contribution in [0.25, 0.3) is 28.1 Å². The van der Waals surface area contributed by atoms with Gasteiger partial charge in [0, 0.05) is 23.5 Å². The number of nitrogens with zero attached hydrogens (tertiary/aromatic N) is 4. The molecule has 0 aliphatic carbocycles. The van der Waals surface area contributed by atoms with Gasteiger partial charge in [0.05, 0.1) is 22.5 Å². The van der Waals surface area contributed by atoms with Crippen LogP contribution in [0.15, 0.2) is 65.8 Å². The number of alkyl halides is 6. The summed E-state index contributed by atoms with van der Waals surface area (Å²) >= 11 is 0. The number of sulfonamides is 1. The molecule has 7 nitrogen and oxygen atoms in total. The first-order valence-corrected chi connectivity index (χ1v) is 11.8. The Hall–Kier alpha value is -3.96. The van der Waals surface area contributed by atoms with E-state index in [4.69, 9.17) is 0 Å². The Morgan fingerprint density at radius 1 is 1.00 bits per heavy atom. The molecule has 14 heteroatoms. The predicted molar refractivity (Wildman–Crippen MR) is 120 cm³/mol. The van der Waals surface area contributed by atoms with Gasteiger partial charge < -0.3 is 0 Å². The summed E-state index contributed by atoms with van der Waals surface area (Å²) in [4.78, 5) is 7.39. The van der Waals surface area contributed by atoms with E-state index in [1.165, 1.54) is 9.29 Å². The zero-order valence-corrected chi connectivity index (χ0v) is 19.4. The molecular formula is C23H15F6N5O2S. The Bertz CT molecular complexity index is 1610. The zero-order chi connectivity index (χ0) is 27.2. The van der Waals surface area contributed by atoms with Gasteiger partial charge in [0.15, 0.2) is 0 Å². The molecule has 0 bridgehead atoms. The van der Waals surface area contributed by atoms with Crippen LogP contribution < -0.4 is 4.72 Å². The number of aromatic nitrogens is 3. The number of nitrogens with one attached hydrogen (secondary N) is 1. The van der Waals surface area contributed by atoms with Gasteiger partial charge in [0.25, 0.3) is 0 Å². The molecule has 0 saturated heterocycles. The molecule has 1 N–H and O–H groups in total. The molecule has 1 aromatic carbocycles. The van der Waals surface area contributed by atoms with E-state index in [1.54, 1.807) is 30.3 Å². The minimum atomic E-state index is -4.82. The van der Waals surface area contributed by atoms with E-state index in [1.807, 2.05) is 6.07 Å². The van der Waals surface area contributed by atoms with Crippen LogP contribution in [0.4, 0.5) is 26.3 Å². The van der Waals surface area contributed by atoms with Crippen LogP contribution in [0, 0.1) is 11.3 Å². The molecule has 3 heterocycles. The summed E-state index contributed by atoms with van der Waals surface area (Å²) in [6.07, 6.45) is -8.12. The highest BCUT2D eigenvalue weighted by atomic mass is 32.2. The van der Waals surface area contributed by atoms with Crippen molar-refractivity contribution >= 4 is 21.1 Å². The molecule has 1 atom stereocenters. The fourth-order valence-electron chi connectivity index (χ4n) is 3.55. The van der Waals surface area contributed by atoms with Crippen molar-refractivity contribution in [3.05, 3.63) is 72.1 Å². The SMILES string of the molecule is CC(NS(=O)(=O)c1ccc(-c2c(C#N)c3cc(C(F)(F)F)cnc3n2-c2ccccc2)nc1)C(F)(F)F. The molecule has 3 aromatic heterocycles. The van der Waals surface area contributed by atoms with Crippen LogP contribution in [0.1, 0.15) is 18.1 Å². The van der Waals surface area contributed by atoms with Crippen LogP contribution >= 0.6 is 0 Å². The molecule has 0 aliphatic rings. The lowest BCUT2D eigenvalue weighted by molar-refractivity contribution is -0.147. The number of benzene rings is 1. The van der Waals surface area contributed by atoms with E-state index >= 15 is 0 Å². The summed E-state index contributed by atoms with van der Waals surface area (Å²) in [7, 11) is -4.61. The Labute approximate surface area is 206 Å². The topological polar surface area (TPSA) is 101 Å². The summed E-state index contributed by atoms with van der Waals surface area (Å²) < 4.78 is 106. The standard InChI is InChI=1S/C23H15F6N5O2S/c1-13(22(24,25)26)33-37(35,36)16-7-8-19(31-12-16)20-18(10-30)17-9-14(23(27,28)29)11-32-21(17)34(20)15-5-3-2-4-6-15/h2-9,11-13,33H,1H3. The van der Waals surface area contributed by atoms with Gasteiger partial charge in [-0.15, -0.1) is 0 Å². The molecule has 192 valence electrons. The van der Waals surface area contributed by atoms with Gasteiger partial charge in [-0.3, -0.25) is 9.55 Å². The average Bonchev–Trinajstić information content (AvgIpc) is 3.17. The lowest BCUT2D eigenvalue weighted by Gasteiger charge is -2.17. The number of fused-ring (bicyclic) bond motifs is 1. The van der Waals surface area contributed by atoms with Gasteiger partial charge in [0.1, 0.15) is 22.7 Å². The second-order valence-corrected chi connectivity index (χ2v) is 9.58. The number of pyridine rings is 2. The fourth-order valence-corrected chi connectivity index (χ4v) is 4.72. The third-order valence-corrected chi connectivity index (χ3v) is 6.90. The Balaban J connectivity index is 1.91. The van der Waals surface area contributed by atoms with Crippen LogP contribution in [-0.4, -0.2) is 35.2 Å². The van der Waals surface area contributed by atoms with Crippen molar-refractivity contribution in [1.82, 2.24) is 19.3 Å². The van der Waals surface area contributed by atoms with E-state index in [0.29, 0.717) is 18.8 Å². The third kappa shape index (κ3) is 5.00. The highest BCUT2D eigenvalue weighted by molar-refractivity contribution is 7.89. The molecule has 0 spiro atoms. The lowest BCUT2D eigenvalue weighted by atomic mass is 10.1. The monoisotopic (exact) mass is 539 g/mol. The van der Waals surface area contributed by atoms with Crippen molar-refractivity contribution in [2.75, 3.05) is 0 Å². The lowest BCUT2D eigenvalue weighted by Crippen LogP contribution is -2.42. The first kappa shape index (κ1) is 26.1. The van der Waals surface area contributed by atoms with Gasteiger partial charge in [-0.1, -0.05) is 18.2 Å². The summed E-state index contributed by atoms with van der Waals surface area (Å²) in [5.41, 5.74) is -0.830. The smallest absolute Gasteiger partial charge is 0.291 e. The maximum absolute atomic E-state index is 13.3. The highest BCUT2D eigenvalue weighted by Gasteiger charge is 2.39. The van der Waals surface area contributed by atoms with E-state index in [-0.39, 0.29) is 28.0 Å². The molecular weight excluding hydrogens is 524 g/mol. The molecule has 4 rings (SSSR count). The normalized spacial score (nSPS) is 13.5. The van der Waals surface area contributed by atoms with Gasteiger partial charge >= 0.3 is 12.4 Å². The number of hydrogen-bond donors (Lipinski definition) is 1. The first-order chi connectivity index (χ1) is 17.2. The largest absolute Gasteiger partial charge is 0.417 e. The number of hydrogen-bond acceptors (Lipinski definition) is 5. The van der Waals surface area contributed by atoms with Gasteiger partial charge in [-0.05, 0) is 37.3 Å². The highest BCUT2D eigenvalue weighted by Crippen LogP contribution is 2.38. The van der Waals surface area contributed by atoms with Crippen LogP contribution in [0.5, 0.6) is 0 Å². The number of rotatable bonds is 5. The minimum absolute atomic E-state index is 0.0184. The number of para-hydroxylation sites is 1. The molecule has 0 radical (unpaired) electrons. The van der Waals surface area contributed by atoms with Crippen LogP contribution in [0.3, 0.4) is 0 Å². The minimum Gasteiger partial charge on any atom is -0.291 e. The zero-order valence-electron chi connectivity index (χ0n) is 18.6. The average molecular weight is 539 g/mol.